The second-order valence-electron chi connectivity index (χ2n) is 5.45. The van der Waals surface area contributed by atoms with Crippen molar-refractivity contribution >= 4 is 12.0 Å². The number of carbonyl (C=O) groups excluding carboxylic acids is 1. The molecule has 0 aliphatic heterocycles. The lowest BCUT2D eigenvalue weighted by molar-refractivity contribution is -0.141. The summed E-state index contributed by atoms with van der Waals surface area (Å²) in [5.74, 6) is -0.443. The van der Waals surface area contributed by atoms with E-state index in [-0.39, 0.29) is 6.03 Å². The van der Waals surface area contributed by atoms with Gasteiger partial charge in [-0.2, -0.15) is 0 Å². The number of rotatable bonds is 5. The van der Waals surface area contributed by atoms with Crippen LogP contribution in [0.1, 0.15) is 33.6 Å². The van der Waals surface area contributed by atoms with E-state index in [2.05, 4.69) is 19.2 Å². The fraction of sp³-hybridized carbons (Fsp3) is 0.833. The second kappa shape index (κ2) is 4.94. The van der Waals surface area contributed by atoms with E-state index in [4.69, 9.17) is 5.11 Å². The van der Waals surface area contributed by atoms with Gasteiger partial charge in [0, 0.05) is 13.6 Å². The monoisotopic (exact) mass is 242 g/mol. The summed E-state index contributed by atoms with van der Waals surface area (Å²) < 4.78 is 0. The van der Waals surface area contributed by atoms with Crippen LogP contribution in [0.3, 0.4) is 0 Å². The molecule has 5 nitrogen and oxygen atoms in total. The zero-order chi connectivity index (χ0) is 13.2. The molecule has 0 aromatic carbocycles. The number of hydrogen-bond donors (Lipinski definition) is 2. The lowest BCUT2D eigenvalue weighted by atomic mass is 10.1. The minimum atomic E-state index is -0.961. The van der Waals surface area contributed by atoms with Gasteiger partial charge in [0.1, 0.15) is 6.04 Å². The summed E-state index contributed by atoms with van der Waals surface area (Å²) in [6, 6.07) is -1.05. The van der Waals surface area contributed by atoms with Crippen molar-refractivity contribution in [2.24, 2.45) is 11.3 Å². The van der Waals surface area contributed by atoms with Gasteiger partial charge in [-0.3, -0.25) is 0 Å². The van der Waals surface area contributed by atoms with Gasteiger partial charge in [-0.1, -0.05) is 20.8 Å². The number of carboxylic acids is 1. The fourth-order valence-electron chi connectivity index (χ4n) is 2.02. The summed E-state index contributed by atoms with van der Waals surface area (Å²) in [7, 11) is 1.52. The largest absolute Gasteiger partial charge is 0.480 e. The molecule has 98 valence electrons. The predicted molar refractivity (Wildman–Crippen MR) is 64.8 cm³/mol. The maximum atomic E-state index is 11.7. The third-order valence-corrected chi connectivity index (χ3v) is 3.68. The molecule has 2 unspecified atom stereocenters. The van der Waals surface area contributed by atoms with E-state index in [0.29, 0.717) is 24.3 Å². The topological polar surface area (TPSA) is 69.6 Å². The normalized spacial score (nSPS) is 22.7. The van der Waals surface area contributed by atoms with Gasteiger partial charge in [-0.25, -0.2) is 9.59 Å². The van der Waals surface area contributed by atoms with Crippen LogP contribution < -0.4 is 5.32 Å². The molecular formula is C12H22N2O3. The van der Waals surface area contributed by atoms with Crippen molar-refractivity contribution < 1.29 is 14.7 Å². The number of aliphatic carboxylic acids is 1. The summed E-state index contributed by atoms with van der Waals surface area (Å²) in [6.45, 7) is 6.72. The Kier molecular flexibility index (Phi) is 4.01. The summed E-state index contributed by atoms with van der Waals surface area (Å²) in [6.07, 6.45) is 1.53. The van der Waals surface area contributed by atoms with Crippen LogP contribution in [0.4, 0.5) is 4.79 Å². The van der Waals surface area contributed by atoms with E-state index in [9.17, 15) is 9.59 Å². The number of carboxylic acid groups (broad SMARTS) is 1. The first kappa shape index (κ1) is 13.8. The van der Waals surface area contributed by atoms with E-state index >= 15 is 0 Å². The quantitative estimate of drug-likeness (QED) is 0.768. The zero-order valence-electron chi connectivity index (χ0n) is 11.0. The van der Waals surface area contributed by atoms with Gasteiger partial charge in [0.25, 0.3) is 0 Å². The van der Waals surface area contributed by atoms with E-state index in [0.717, 1.165) is 6.42 Å². The molecular weight excluding hydrogens is 220 g/mol. The van der Waals surface area contributed by atoms with Crippen LogP contribution in [0.2, 0.25) is 0 Å². The predicted octanol–water partition coefficient (Wildman–Crippen LogP) is 1.54. The summed E-state index contributed by atoms with van der Waals surface area (Å²) in [4.78, 5) is 23.9. The Bertz CT molecular complexity index is 315. The lowest BCUT2D eigenvalue weighted by Gasteiger charge is -2.24. The Hall–Kier alpha value is -1.26. The number of hydrogen-bond acceptors (Lipinski definition) is 2. The lowest BCUT2D eigenvalue weighted by Crippen LogP contribution is -2.47. The van der Waals surface area contributed by atoms with Gasteiger partial charge in [-0.15, -0.1) is 0 Å². The van der Waals surface area contributed by atoms with Gasteiger partial charge in [-0.05, 0) is 24.2 Å². The third-order valence-electron chi connectivity index (χ3n) is 3.68. The Morgan fingerprint density at radius 3 is 2.41 bits per heavy atom. The summed E-state index contributed by atoms with van der Waals surface area (Å²) in [5.41, 5.74) is 0.322. The summed E-state index contributed by atoms with van der Waals surface area (Å²) in [5, 5.41) is 11.7. The Balaban J connectivity index is 2.39. The molecule has 0 radical (unpaired) electrons. The maximum absolute atomic E-state index is 11.7. The van der Waals surface area contributed by atoms with Gasteiger partial charge < -0.3 is 15.3 Å². The highest BCUT2D eigenvalue weighted by molar-refractivity contribution is 5.82. The minimum absolute atomic E-state index is 0.304. The SMILES string of the molecule is CCC(C(=O)O)N(C)C(=O)NCC1CC1(C)C. The van der Waals surface area contributed by atoms with Crippen LogP contribution in [-0.2, 0) is 4.79 Å². The van der Waals surface area contributed by atoms with Crippen LogP contribution in [0, 0.1) is 11.3 Å². The minimum Gasteiger partial charge on any atom is -0.480 e. The van der Waals surface area contributed by atoms with Gasteiger partial charge in [0.05, 0.1) is 0 Å². The van der Waals surface area contributed by atoms with Crippen molar-refractivity contribution in [3.8, 4) is 0 Å². The van der Waals surface area contributed by atoms with E-state index in [1.54, 1.807) is 6.92 Å². The van der Waals surface area contributed by atoms with Crippen LogP contribution in [-0.4, -0.2) is 41.6 Å². The van der Waals surface area contributed by atoms with Gasteiger partial charge >= 0.3 is 12.0 Å². The molecule has 0 heterocycles. The Morgan fingerprint density at radius 1 is 1.53 bits per heavy atom. The molecule has 2 amide bonds. The second-order valence-corrected chi connectivity index (χ2v) is 5.45. The molecule has 1 aliphatic carbocycles. The number of amides is 2. The van der Waals surface area contributed by atoms with Gasteiger partial charge in [0.2, 0.25) is 0 Å². The number of urea groups is 1. The molecule has 2 N–H and O–H groups in total. The average Bonchev–Trinajstić information content (AvgIpc) is 2.83. The molecule has 17 heavy (non-hydrogen) atoms. The number of nitrogens with zero attached hydrogens (tertiary/aromatic N) is 1. The van der Waals surface area contributed by atoms with Crippen molar-refractivity contribution in [1.82, 2.24) is 10.2 Å². The van der Waals surface area contributed by atoms with Crippen LogP contribution in [0.15, 0.2) is 0 Å². The maximum Gasteiger partial charge on any atom is 0.326 e. The van der Waals surface area contributed by atoms with Crippen molar-refractivity contribution in [2.75, 3.05) is 13.6 Å². The Morgan fingerprint density at radius 2 is 2.06 bits per heavy atom. The smallest absolute Gasteiger partial charge is 0.326 e. The molecule has 0 bridgehead atoms. The molecule has 0 saturated heterocycles. The average molecular weight is 242 g/mol. The molecule has 1 aliphatic rings. The number of carbonyl (C=O) groups is 2. The van der Waals surface area contributed by atoms with E-state index in [1.165, 1.54) is 11.9 Å². The number of nitrogens with one attached hydrogen (secondary N) is 1. The molecule has 0 aromatic heterocycles. The van der Waals surface area contributed by atoms with E-state index < -0.39 is 12.0 Å². The highest BCUT2D eigenvalue weighted by Gasteiger charge is 2.45. The molecule has 2 atom stereocenters. The standard InChI is InChI=1S/C12H22N2O3/c1-5-9(10(15)16)14(4)11(17)13-7-8-6-12(8,2)3/h8-9H,5-7H2,1-4H3,(H,13,17)(H,15,16). The molecule has 0 aromatic rings. The molecule has 1 rings (SSSR count). The number of likely N-dealkylation sites (N-methyl/N-ethyl adjacent to an activating group) is 1. The van der Waals surface area contributed by atoms with Crippen LogP contribution in [0.5, 0.6) is 0 Å². The molecule has 5 heteroatoms. The van der Waals surface area contributed by atoms with Crippen molar-refractivity contribution in [2.45, 2.75) is 39.7 Å². The van der Waals surface area contributed by atoms with Crippen molar-refractivity contribution in [3.05, 3.63) is 0 Å². The van der Waals surface area contributed by atoms with Crippen molar-refractivity contribution in [1.29, 1.82) is 0 Å². The van der Waals surface area contributed by atoms with Crippen LogP contribution in [0.25, 0.3) is 0 Å². The zero-order valence-corrected chi connectivity index (χ0v) is 11.0. The Labute approximate surface area is 102 Å². The fourth-order valence-corrected chi connectivity index (χ4v) is 2.02. The molecule has 1 saturated carbocycles. The van der Waals surface area contributed by atoms with Gasteiger partial charge in [0.15, 0.2) is 0 Å². The third kappa shape index (κ3) is 3.35. The highest BCUT2D eigenvalue weighted by atomic mass is 16.4. The molecule has 1 fully saturated rings. The first-order chi connectivity index (χ1) is 7.79. The highest BCUT2D eigenvalue weighted by Crippen LogP contribution is 2.50. The van der Waals surface area contributed by atoms with Crippen molar-refractivity contribution in [3.63, 3.8) is 0 Å². The summed E-state index contributed by atoms with van der Waals surface area (Å²) >= 11 is 0. The van der Waals surface area contributed by atoms with Crippen LogP contribution >= 0.6 is 0 Å². The first-order valence-corrected chi connectivity index (χ1v) is 6.03. The van der Waals surface area contributed by atoms with E-state index in [1.807, 2.05) is 0 Å². The first-order valence-electron chi connectivity index (χ1n) is 6.03. The molecule has 0 spiro atoms.